The fraction of sp³-hybridized carbons (Fsp3) is 0.263. The van der Waals surface area contributed by atoms with Crippen LogP contribution < -0.4 is 10.6 Å². The zero-order chi connectivity index (χ0) is 18.5. The molecule has 0 atom stereocenters. The van der Waals surface area contributed by atoms with Gasteiger partial charge in [0.1, 0.15) is 11.5 Å². The lowest BCUT2D eigenvalue weighted by molar-refractivity contribution is 0.252. The van der Waals surface area contributed by atoms with Gasteiger partial charge < -0.3 is 15.2 Å². The summed E-state index contributed by atoms with van der Waals surface area (Å²) in [6.45, 7) is 3.51. The number of rotatable bonds is 6. The Morgan fingerprint density at radius 1 is 1.35 bits per heavy atom. The molecule has 3 rings (SSSR count). The molecule has 2 amide bonds. The number of fused-ring (bicyclic) bond motifs is 1. The van der Waals surface area contributed by atoms with E-state index in [-0.39, 0.29) is 11.1 Å². The maximum absolute atomic E-state index is 13.1. The number of carbonyl (C=O) groups is 1. The highest BCUT2D eigenvalue weighted by molar-refractivity contribution is 6.31. The van der Waals surface area contributed by atoms with Crippen molar-refractivity contribution >= 4 is 34.4 Å². The number of pyridine rings is 1. The van der Waals surface area contributed by atoms with Crippen LogP contribution in [0.2, 0.25) is 5.02 Å². The summed E-state index contributed by atoms with van der Waals surface area (Å²) in [5, 5.41) is 6.52. The predicted octanol–water partition coefficient (Wildman–Crippen LogP) is 4.60. The van der Waals surface area contributed by atoms with Crippen LogP contribution in [0.5, 0.6) is 0 Å². The molecule has 2 aromatic heterocycles. The Balaban J connectivity index is 1.60. The second kappa shape index (κ2) is 8.19. The van der Waals surface area contributed by atoms with E-state index in [4.69, 9.17) is 11.6 Å². The van der Waals surface area contributed by atoms with Crippen LogP contribution in [0.3, 0.4) is 0 Å². The third kappa shape index (κ3) is 4.14. The molecule has 0 fully saturated rings. The molecule has 2 N–H and O–H groups in total. The van der Waals surface area contributed by atoms with Crippen LogP contribution >= 0.6 is 11.6 Å². The van der Waals surface area contributed by atoms with Gasteiger partial charge in [-0.2, -0.15) is 0 Å². The average molecular weight is 375 g/mol. The molecule has 136 valence electrons. The highest BCUT2D eigenvalue weighted by Crippen LogP contribution is 2.21. The van der Waals surface area contributed by atoms with Gasteiger partial charge in [0.2, 0.25) is 0 Å². The Morgan fingerprint density at radius 3 is 2.96 bits per heavy atom. The molecule has 0 spiro atoms. The zero-order valence-corrected chi connectivity index (χ0v) is 15.2. The van der Waals surface area contributed by atoms with Gasteiger partial charge in [-0.15, -0.1) is 0 Å². The number of benzene rings is 1. The standard InChI is InChI=1S/C19H20ClFN4O/c1-2-10-25-12-13(15-4-3-8-22-18(15)25)7-9-23-19(26)24-14-5-6-17(21)16(20)11-14/h3-6,8,11-12H,2,7,9-10H2,1H3,(H2,23,24,26). The summed E-state index contributed by atoms with van der Waals surface area (Å²) in [7, 11) is 0. The molecule has 1 aromatic carbocycles. The van der Waals surface area contributed by atoms with Crippen molar-refractivity contribution in [2.75, 3.05) is 11.9 Å². The number of hydrogen-bond donors (Lipinski definition) is 2. The van der Waals surface area contributed by atoms with Crippen LogP contribution in [0.25, 0.3) is 11.0 Å². The maximum atomic E-state index is 13.1. The molecule has 3 aromatic rings. The van der Waals surface area contributed by atoms with Gasteiger partial charge in [0, 0.05) is 36.6 Å². The number of anilines is 1. The van der Waals surface area contributed by atoms with Crippen molar-refractivity contribution in [3.63, 3.8) is 0 Å². The molecule has 0 bridgehead atoms. The third-order valence-corrected chi connectivity index (χ3v) is 4.33. The number of urea groups is 1. The Bertz CT molecular complexity index is 925. The fourth-order valence-corrected chi connectivity index (χ4v) is 3.05. The van der Waals surface area contributed by atoms with Crippen molar-refractivity contribution < 1.29 is 9.18 Å². The molecular weight excluding hydrogens is 355 g/mol. The highest BCUT2D eigenvalue weighted by Gasteiger charge is 2.10. The first-order valence-electron chi connectivity index (χ1n) is 8.51. The molecule has 0 saturated carbocycles. The van der Waals surface area contributed by atoms with Crippen LogP contribution in [0.15, 0.2) is 42.7 Å². The van der Waals surface area contributed by atoms with Crippen LogP contribution in [0, 0.1) is 5.82 Å². The van der Waals surface area contributed by atoms with Crippen molar-refractivity contribution in [3.8, 4) is 0 Å². The number of nitrogens with zero attached hydrogens (tertiary/aromatic N) is 2. The Labute approximate surface area is 156 Å². The van der Waals surface area contributed by atoms with Gasteiger partial charge in [-0.3, -0.25) is 0 Å². The van der Waals surface area contributed by atoms with E-state index >= 15 is 0 Å². The van der Waals surface area contributed by atoms with Crippen LogP contribution in [0.1, 0.15) is 18.9 Å². The summed E-state index contributed by atoms with van der Waals surface area (Å²) in [6, 6.07) is 7.66. The summed E-state index contributed by atoms with van der Waals surface area (Å²) in [5.74, 6) is -0.519. The van der Waals surface area contributed by atoms with Crippen molar-refractivity contribution in [3.05, 3.63) is 59.1 Å². The molecule has 0 unspecified atom stereocenters. The summed E-state index contributed by atoms with van der Waals surface area (Å²) in [4.78, 5) is 16.4. The largest absolute Gasteiger partial charge is 0.338 e. The minimum Gasteiger partial charge on any atom is -0.338 e. The van der Waals surface area contributed by atoms with Gasteiger partial charge in [-0.1, -0.05) is 18.5 Å². The van der Waals surface area contributed by atoms with Crippen molar-refractivity contribution in [1.82, 2.24) is 14.9 Å². The number of hydrogen-bond acceptors (Lipinski definition) is 2. The van der Waals surface area contributed by atoms with E-state index in [2.05, 4.69) is 33.3 Å². The van der Waals surface area contributed by atoms with E-state index in [0.29, 0.717) is 18.7 Å². The second-order valence-corrected chi connectivity index (χ2v) is 6.39. The Hall–Kier alpha value is -2.60. The van der Waals surface area contributed by atoms with Gasteiger partial charge in [-0.25, -0.2) is 14.2 Å². The molecule has 26 heavy (non-hydrogen) atoms. The van der Waals surface area contributed by atoms with Gasteiger partial charge in [0.15, 0.2) is 0 Å². The molecule has 7 heteroatoms. The Morgan fingerprint density at radius 2 is 2.19 bits per heavy atom. The first kappa shape index (κ1) is 18.2. The molecule has 0 aliphatic heterocycles. The summed E-state index contributed by atoms with van der Waals surface area (Å²) < 4.78 is 15.3. The molecule has 0 aliphatic rings. The van der Waals surface area contributed by atoms with E-state index in [1.165, 1.54) is 18.2 Å². The van der Waals surface area contributed by atoms with Gasteiger partial charge in [0.05, 0.1) is 5.02 Å². The normalized spacial score (nSPS) is 10.9. The second-order valence-electron chi connectivity index (χ2n) is 5.98. The van der Waals surface area contributed by atoms with E-state index in [9.17, 15) is 9.18 Å². The van der Waals surface area contributed by atoms with Gasteiger partial charge >= 0.3 is 6.03 Å². The molecule has 2 heterocycles. The zero-order valence-electron chi connectivity index (χ0n) is 14.4. The first-order chi connectivity index (χ1) is 12.6. The van der Waals surface area contributed by atoms with E-state index in [1.807, 2.05) is 12.1 Å². The van der Waals surface area contributed by atoms with Crippen molar-refractivity contribution in [2.24, 2.45) is 0 Å². The summed E-state index contributed by atoms with van der Waals surface area (Å²) in [6.07, 6.45) is 5.61. The number of halogens is 2. The molecule has 0 radical (unpaired) electrons. The third-order valence-electron chi connectivity index (χ3n) is 4.04. The summed E-state index contributed by atoms with van der Waals surface area (Å²) >= 11 is 5.71. The number of nitrogens with one attached hydrogen (secondary N) is 2. The quantitative estimate of drug-likeness (QED) is 0.662. The van der Waals surface area contributed by atoms with Crippen LogP contribution in [0.4, 0.5) is 14.9 Å². The van der Waals surface area contributed by atoms with Gasteiger partial charge in [0.25, 0.3) is 0 Å². The summed E-state index contributed by atoms with van der Waals surface area (Å²) in [5.41, 5.74) is 2.55. The lowest BCUT2D eigenvalue weighted by atomic mass is 10.1. The van der Waals surface area contributed by atoms with Crippen LogP contribution in [-0.4, -0.2) is 22.1 Å². The monoisotopic (exact) mass is 374 g/mol. The average Bonchev–Trinajstić information content (AvgIpc) is 2.97. The minimum atomic E-state index is -0.519. The Kier molecular flexibility index (Phi) is 5.73. The predicted molar refractivity (Wildman–Crippen MR) is 102 cm³/mol. The van der Waals surface area contributed by atoms with Crippen molar-refractivity contribution in [1.29, 1.82) is 0 Å². The molecular formula is C19H20ClFN4O. The van der Waals surface area contributed by atoms with Gasteiger partial charge in [-0.05, 0) is 48.7 Å². The first-order valence-corrected chi connectivity index (χ1v) is 8.89. The highest BCUT2D eigenvalue weighted by atomic mass is 35.5. The SMILES string of the molecule is CCCn1cc(CCNC(=O)Nc2ccc(F)c(Cl)c2)c2cccnc21. The topological polar surface area (TPSA) is 59.0 Å². The number of aromatic nitrogens is 2. The smallest absolute Gasteiger partial charge is 0.319 e. The lowest BCUT2D eigenvalue weighted by Crippen LogP contribution is -2.30. The maximum Gasteiger partial charge on any atom is 0.319 e. The van der Waals surface area contributed by atoms with E-state index in [1.54, 1.807) is 6.20 Å². The van der Waals surface area contributed by atoms with E-state index < -0.39 is 5.82 Å². The number of carbonyl (C=O) groups excluding carboxylic acids is 1. The number of aryl methyl sites for hydroxylation is 1. The van der Waals surface area contributed by atoms with Crippen LogP contribution in [-0.2, 0) is 13.0 Å². The number of amides is 2. The fourth-order valence-electron chi connectivity index (χ4n) is 2.87. The lowest BCUT2D eigenvalue weighted by Gasteiger charge is -2.08. The molecule has 5 nitrogen and oxygen atoms in total. The molecule has 0 saturated heterocycles. The minimum absolute atomic E-state index is 0.0287. The van der Waals surface area contributed by atoms with Crippen molar-refractivity contribution in [2.45, 2.75) is 26.3 Å². The van der Waals surface area contributed by atoms with E-state index in [0.717, 1.165) is 29.6 Å². The molecule has 0 aliphatic carbocycles.